The largest absolute Gasteiger partial charge is 0.449 e. The number of hydrogen-bond donors (Lipinski definition) is 1. The smallest absolute Gasteiger partial charge is 0.339 e. The molecule has 1 N–H and O–H groups in total. The molecule has 0 bridgehead atoms. The molecule has 0 aliphatic heterocycles. The molecular weight excluding hydrogens is 380 g/mol. The topological polar surface area (TPSA) is 55.0 Å². The highest BCUT2D eigenvalue weighted by atomic mass is 79.9. The summed E-state index contributed by atoms with van der Waals surface area (Å²) in [5, 5.41) is 0.368. The maximum absolute atomic E-state index is 11.9. The van der Waals surface area contributed by atoms with Crippen LogP contribution in [0.2, 0.25) is 5.02 Å². The number of benzene rings is 2. The highest BCUT2D eigenvalue weighted by Crippen LogP contribution is 2.28. The molecule has 0 radical (unpaired) electrons. The van der Waals surface area contributed by atoms with E-state index in [1.807, 2.05) is 24.3 Å². The monoisotopic (exact) mass is 388 g/mol. The number of nitrogens with zero attached hydrogens (tertiary/aromatic N) is 1. The van der Waals surface area contributed by atoms with Crippen molar-refractivity contribution in [2.45, 2.75) is 0 Å². The first-order chi connectivity index (χ1) is 11.1. The first-order valence-corrected chi connectivity index (χ1v) is 7.81. The van der Waals surface area contributed by atoms with Gasteiger partial charge in [-0.2, -0.15) is 0 Å². The molecular formula is C17H10BrClN2O2. The predicted octanol–water partition coefficient (Wildman–Crippen LogP) is 4.44. The molecule has 114 valence electrons. The Bertz CT molecular complexity index is 943. The molecule has 23 heavy (non-hydrogen) atoms. The van der Waals surface area contributed by atoms with E-state index in [0.717, 1.165) is 10.0 Å². The molecule has 0 aliphatic carbocycles. The summed E-state index contributed by atoms with van der Waals surface area (Å²) in [5.74, 6) is 2.39. The lowest BCUT2D eigenvalue weighted by Crippen LogP contribution is -2.05. The van der Waals surface area contributed by atoms with Crippen molar-refractivity contribution < 1.29 is 9.53 Å². The number of carbonyl (C=O) groups is 1. The SMILES string of the molecule is C#CCOC(=O)c1cc(Cl)c2nc(-c3cccc(Br)c3)[nH]c2c1. The minimum absolute atomic E-state index is 0.0826. The van der Waals surface area contributed by atoms with Crippen LogP contribution in [0.5, 0.6) is 0 Å². The van der Waals surface area contributed by atoms with Gasteiger partial charge in [0, 0.05) is 10.0 Å². The van der Waals surface area contributed by atoms with Crippen LogP contribution in [-0.2, 0) is 4.74 Å². The molecule has 2 aromatic carbocycles. The summed E-state index contributed by atoms with van der Waals surface area (Å²) in [4.78, 5) is 19.6. The van der Waals surface area contributed by atoms with Gasteiger partial charge in [-0.05, 0) is 24.3 Å². The molecule has 0 spiro atoms. The van der Waals surface area contributed by atoms with Gasteiger partial charge < -0.3 is 9.72 Å². The zero-order chi connectivity index (χ0) is 16.4. The van der Waals surface area contributed by atoms with E-state index < -0.39 is 5.97 Å². The second-order valence-electron chi connectivity index (χ2n) is 4.73. The second kappa shape index (κ2) is 6.45. The summed E-state index contributed by atoms with van der Waals surface area (Å²) in [6, 6.07) is 10.9. The minimum Gasteiger partial charge on any atom is -0.449 e. The Labute approximate surface area is 146 Å². The van der Waals surface area contributed by atoms with Crippen molar-refractivity contribution in [2.24, 2.45) is 0 Å². The number of carbonyl (C=O) groups excluding carboxylic acids is 1. The van der Waals surface area contributed by atoms with Gasteiger partial charge in [-0.1, -0.05) is 45.6 Å². The summed E-state index contributed by atoms with van der Waals surface area (Å²) in [5.41, 5.74) is 2.47. The van der Waals surface area contributed by atoms with E-state index in [9.17, 15) is 4.79 Å². The molecule has 3 rings (SSSR count). The van der Waals surface area contributed by atoms with Crippen LogP contribution in [0.1, 0.15) is 10.4 Å². The molecule has 0 saturated carbocycles. The first-order valence-electron chi connectivity index (χ1n) is 6.64. The van der Waals surface area contributed by atoms with Crippen molar-refractivity contribution in [2.75, 3.05) is 6.61 Å². The summed E-state index contributed by atoms with van der Waals surface area (Å²) in [6.07, 6.45) is 5.08. The van der Waals surface area contributed by atoms with Gasteiger partial charge in [0.05, 0.1) is 16.1 Å². The predicted molar refractivity (Wildman–Crippen MR) is 93.4 cm³/mol. The Balaban J connectivity index is 2.05. The Hall–Kier alpha value is -2.29. The highest BCUT2D eigenvalue weighted by Gasteiger charge is 2.14. The molecule has 0 atom stereocenters. The average Bonchev–Trinajstić information content (AvgIpc) is 2.97. The fourth-order valence-corrected chi connectivity index (χ4v) is 2.82. The zero-order valence-electron chi connectivity index (χ0n) is 11.8. The number of aromatic amines is 1. The third kappa shape index (κ3) is 3.24. The Morgan fingerprint density at radius 3 is 2.96 bits per heavy atom. The summed E-state index contributed by atoms with van der Waals surface area (Å²) in [7, 11) is 0. The van der Waals surface area contributed by atoms with Gasteiger partial charge >= 0.3 is 5.97 Å². The van der Waals surface area contributed by atoms with Gasteiger partial charge in [0.25, 0.3) is 0 Å². The van der Waals surface area contributed by atoms with Crippen LogP contribution in [0.4, 0.5) is 0 Å². The van der Waals surface area contributed by atoms with E-state index in [0.29, 0.717) is 27.4 Å². The van der Waals surface area contributed by atoms with Crippen LogP contribution in [0.15, 0.2) is 40.9 Å². The third-order valence-corrected chi connectivity index (χ3v) is 3.94. The molecule has 0 fully saturated rings. The average molecular weight is 390 g/mol. The lowest BCUT2D eigenvalue weighted by atomic mass is 10.2. The number of H-pyrrole nitrogens is 1. The van der Waals surface area contributed by atoms with Crippen LogP contribution in [0.25, 0.3) is 22.4 Å². The van der Waals surface area contributed by atoms with Gasteiger partial charge in [-0.25, -0.2) is 9.78 Å². The summed E-state index contributed by atoms with van der Waals surface area (Å²) < 4.78 is 5.86. The number of esters is 1. The van der Waals surface area contributed by atoms with Gasteiger partial charge in [0.1, 0.15) is 11.3 Å². The molecule has 4 nitrogen and oxygen atoms in total. The molecule has 1 heterocycles. The van der Waals surface area contributed by atoms with Crippen LogP contribution < -0.4 is 0 Å². The van der Waals surface area contributed by atoms with E-state index >= 15 is 0 Å². The van der Waals surface area contributed by atoms with Crippen molar-refractivity contribution in [3.05, 3.63) is 51.5 Å². The lowest BCUT2D eigenvalue weighted by Gasteiger charge is -2.02. The van der Waals surface area contributed by atoms with Gasteiger partial charge in [-0.15, -0.1) is 6.42 Å². The molecule has 0 unspecified atom stereocenters. The fourth-order valence-electron chi connectivity index (χ4n) is 2.16. The number of rotatable bonds is 3. The standard InChI is InChI=1S/C17H10BrClN2O2/c1-2-6-23-17(22)11-8-13(19)15-14(9-11)20-16(21-15)10-4-3-5-12(18)7-10/h1,3-5,7-9H,6H2,(H,20,21). The number of hydrogen-bond acceptors (Lipinski definition) is 3. The van der Waals surface area contributed by atoms with E-state index in [1.54, 1.807) is 6.07 Å². The molecule has 1 aromatic heterocycles. The van der Waals surface area contributed by atoms with Crippen LogP contribution in [0.3, 0.4) is 0 Å². The number of aromatic nitrogens is 2. The van der Waals surface area contributed by atoms with E-state index in [1.165, 1.54) is 6.07 Å². The van der Waals surface area contributed by atoms with Gasteiger partial charge in [-0.3, -0.25) is 0 Å². The summed E-state index contributed by atoms with van der Waals surface area (Å²) in [6.45, 7) is -0.0826. The molecule has 0 amide bonds. The number of ether oxygens (including phenoxy) is 1. The van der Waals surface area contributed by atoms with E-state index in [-0.39, 0.29) is 6.61 Å². The quantitative estimate of drug-likeness (QED) is 0.532. The van der Waals surface area contributed by atoms with Crippen LogP contribution in [0, 0.1) is 12.3 Å². The van der Waals surface area contributed by atoms with E-state index in [4.69, 9.17) is 22.8 Å². The fraction of sp³-hybridized carbons (Fsp3) is 0.0588. The van der Waals surface area contributed by atoms with Crippen molar-refractivity contribution in [3.8, 4) is 23.7 Å². The lowest BCUT2D eigenvalue weighted by molar-refractivity contribution is 0.0557. The van der Waals surface area contributed by atoms with Crippen LogP contribution in [-0.4, -0.2) is 22.5 Å². The van der Waals surface area contributed by atoms with Crippen LogP contribution >= 0.6 is 27.5 Å². The number of terminal acetylenes is 1. The number of halogens is 2. The first kappa shape index (κ1) is 15.6. The highest BCUT2D eigenvalue weighted by molar-refractivity contribution is 9.10. The maximum atomic E-state index is 11.9. The minimum atomic E-state index is -0.523. The molecule has 0 saturated heterocycles. The molecule has 6 heteroatoms. The van der Waals surface area contributed by atoms with Gasteiger partial charge in [0.2, 0.25) is 0 Å². The van der Waals surface area contributed by atoms with Crippen molar-refractivity contribution in [3.63, 3.8) is 0 Å². The number of imidazole rings is 1. The Morgan fingerprint density at radius 1 is 1.39 bits per heavy atom. The van der Waals surface area contributed by atoms with E-state index in [2.05, 4.69) is 31.8 Å². The second-order valence-corrected chi connectivity index (χ2v) is 6.05. The zero-order valence-corrected chi connectivity index (χ0v) is 14.1. The van der Waals surface area contributed by atoms with Crippen molar-refractivity contribution in [1.29, 1.82) is 0 Å². The van der Waals surface area contributed by atoms with Crippen molar-refractivity contribution >= 4 is 44.5 Å². The van der Waals surface area contributed by atoms with Gasteiger partial charge in [0.15, 0.2) is 6.61 Å². The number of fused-ring (bicyclic) bond motifs is 1. The number of nitrogens with one attached hydrogen (secondary N) is 1. The molecule has 3 aromatic rings. The normalized spacial score (nSPS) is 10.5. The maximum Gasteiger partial charge on any atom is 0.339 e. The Kier molecular flexibility index (Phi) is 4.37. The Morgan fingerprint density at radius 2 is 2.22 bits per heavy atom. The molecule has 0 aliphatic rings. The summed E-state index contributed by atoms with van der Waals surface area (Å²) >= 11 is 9.66. The van der Waals surface area contributed by atoms with Crippen molar-refractivity contribution in [1.82, 2.24) is 9.97 Å². The third-order valence-electron chi connectivity index (χ3n) is 3.16.